The topological polar surface area (TPSA) is 32.7 Å². The number of aliphatic hydroxyl groups excluding tert-OH is 1. The number of ether oxygens (including phenoxy) is 1. The second-order valence-electron chi connectivity index (χ2n) is 6.33. The molecule has 0 aromatic rings. The van der Waals surface area contributed by atoms with Crippen molar-refractivity contribution in [2.45, 2.75) is 57.4 Å². The van der Waals surface area contributed by atoms with Crippen molar-refractivity contribution in [2.75, 3.05) is 33.4 Å². The Morgan fingerprint density at radius 2 is 1.72 bits per heavy atom. The molecule has 2 aliphatic rings. The molecule has 0 unspecified atom stereocenters. The molecule has 1 heterocycles. The highest BCUT2D eigenvalue weighted by molar-refractivity contribution is 4.86. The summed E-state index contributed by atoms with van der Waals surface area (Å²) >= 11 is 0. The highest BCUT2D eigenvalue weighted by atomic mass is 16.5. The lowest BCUT2D eigenvalue weighted by atomic mass is 9.80. The highest BCUT2D eigenvalue weighted by Gasteiger charge is 2.34. The second-order valence-corrected chi connectivity index (χ2v) is 6.33. The van der Waals surface area contributed by atoms with E-state index in [1.165, 1.54) is 38.5 Å². The van der Waals surface area contributed by atoms with Gasteiger partial charge in [-0.1, -0.05) is 25.7 Å². The second kappa shape index (κ2) is 6.88. The van der Waals surface area contributed by atoms with Crippen LogP contribution in [0.25, 0.3) is 0 Å². The lowest BCUT2D eigenvalue weighted by molar-refractivity contribution is -0.0370. The summed E-state index contributed by atoms with van der Waals surface area (Å²) < 4.78 is 5.44. The van der Waals surface area contributed by atoms with Gasteiger partial charge in [-0.05, 0) is 32.7 Å². The Bertz CT molecular complexity index is 231. The molecule has 2 rings (SSSR count). The Balaban J connectivity index is 1.89. The summed E-state index contributed by atoms with van der Waals surface area (Å²) in [6.45, 7) is 2.99. The van der Waals surface area contributed by atoms with Gasteiger partial charge in [-0.15, -0.1) is 0 Å². The van der Waals surface area contributed by atoms with Crippen LogP contribution >= 0.6 is 0 Å². The van der Waals surface area contributed by atoms with Crippen LogP contribution in [-0.2, 0) is 4.74 Å². The Morgan fingerprint density at radius 1 is 1.11 bits per heavy atom. The number of nitrogens with zero attached hydrogens (tertiary/aromatic N) is 1. The van der Waals surface area contributed by atoms with Crippen molar-refractivity contribution in [3.05, 3.63) is 0 Å². The molecule has 0 radical (unpaired) electrons. The largest absolute Gasteiger partial charge is 0.396 e. The summed E-state index contributed by atoms with van der Waals surface area (Å²) in [4.78, 5) is 2.52. The molecular weight excluding hydrogens is 226 g/mol. The Hall–Kier alpha value is -0.120. The number of hydrogen-bond donors (Lipinski definition) is 1. The van der Waals surface area contributed by atoms with Crippen LogP contribution in [0.3, 0.4) is 0 Å². The molecule has 0 bridgehead atoms. The van der Waals surface area contributed by atoms with Gasteiger partial charge >= 0.3 is 0 Å². The minimum Gasteiger partial charge on any atom is -0.396 e. The maximum atomic E-state index is 9.76. The summed E-state index contributed by atoms with van der Waals surface area (Å²) in [5, 5.41) is 9.76. The molecule has 3 nitrogen and oxygen atoms in total. The predicted molar refractivity (Wildman–Crippen MR) is 73.7 cm³/mol. The fourth-order valence-corrected chi connectivity index (χ4v) is 3.53. The molecule has 0 aromatic carbocycles. The molecule has 1 saturated heterocycles. The third kappa shape index (κ3) is 3.69. The van der Waals surface area contributed by atoms with E-state index in [0.717, 1.165) is 38.6 Å². The van der Waals surface area contributed by atoms with Gasteiger partial charge in [-0.25, -0.2) is 0 Å². The van der Waals surface area contributed by atoms with E-state index >= 15 is 0 Å². The van der Waals surface area contributed by atoms with E-state index in [1.54, 1.807) is 0 Å². The first kappa shape index (κ1) is 14.3. The fraction of sp³-hybridized carbons (Fsp3) is 1.00. The van der Waals surface area contributed by atoms with E-state index in [-0.39, 0.29) is 5.41 Å². The lowest BCUT2D eigenvalue weighted by Crippen LogP contribution is -2.45. The van der Waals surface area contributed by atoms with E-state index in [9.17, 15) is 5.11 Å². The summed E-state index contributed by atoms with van der Waals surface area (Å²) in [6.07, 6.45) is 10.3. The average Bonchev–Trinajstić information content (AvgIpc) is 2.68. The lowest BCUT2D eigenvalue weighted by Gasteiger charge is -2.41. The van der Waals surface area contributed by atoms with Crippen molar-refractivity contribution >= 4 is 0 Å². The third-order valence-corrected chi connectivity index (χ3v) is 4.92. The van der Waals surface area contributed by atoms with Gasteiger partial charge in [0, 0.05) is 31.2 Å². The minimum absolute atomic E-state index is 0.0965. The molecule has 1 saturated carbocycles. The molecule has 0 amide bonds. The van der Waals surface area contributed by atoms with Crippen LogP contribution < -0.4 is 0 Å². The maximum Gasteiger partial charge on any atom is 0.0501 e. The standard InChI is InChI=1S/C15H29NO2/c1-16(14-6-4-2-3-5-7-14)12-15(13-17)8-10-18-11-9-15/h14,17H,2-13H2,1H3. The van der Waals surface area contributed by atoms with Gasteiger partial charge in [0.2, 0.25) is 0 Å². The normalized spacial score (nSPS) is 26.2. The average molecular weight is 255 g/mol. The van der Waals surface area contributed by atoms with Crippen LogP contribution in [0.5, 0.6) is 0 Å². The van der Waals surface area contributed by atoms with E-state index in [2.05, 4.69) is 11.9 Å². The number of rotatable bonds is 4. The highest BCUT2D eigenvalue weighted by Crippen LogP contribution is 2.32. The Kier molecular flexibility index (Phi) is 5.46. The van der Waals surface area contributed by atoms with Gasteiger partial charge in [0.15, 0.2) is 0 Å². The minimum atomic E-state index is 0.0965. The number of hydrogen-bond acceptors (Lipinski definition) is 3. The van der Waals surface area contributed by atoms with E-state index in [0.29, 0.717) is 6.61 Å². The molecule has 1 N–H and O–H groups in total. The van der Waals surface area contributed by atoms with Crippen LogP contribution in [0.2, 0.25) is 0 Å². The van der Waals surface area contributed by atoms with E-state index in [1.807, 2.05) is 0 Å². The monoisotopic (exact) mass is 255 g/mol. The van der Waals surface area contributed by atoms with Gasteiger partial charge in [-0.3, -0.25) is 0 Å². The molecule has 1 aliphatic carbocycles. The molecule has 0 aromatic heterocycles. The van der Waals surface area contributed by atoms with Crippen molar-refractivity contribution in [1.82, 2.24) is 4.90 Å². The summed E-state index contributed by atoms with van der Waals surface area (Å²) in [6, 6.07) is 0.735. The zero-order chi connectivity index (χ0) is 12.8. The van der Waals surface area contributed by atoms with Crippen LogP contribution in [0.4, 0.5) is 0 Å². The Morgan fingerprint density at radius 3 is 2.28 bits per heavy atom. The fourth-order valence-electron chi connectivity index (χ4n) is 3.53. The molecule has 0 atom stereocenters. The Labute approximate surface area is 112 Å². The molecule has 106 valence electrons. The smallest absolute Gasteiger partial charge is 0.0501 e. The van der Waals surface area contributed by atoms with Gasteiger partial charge < -0.3 is 14.7 Å². The molecule has 1 aliphatic heterocycles. The molecular formula is C15H29NO2. The van der Waals surface area contributed by atoms with Gasteiger partial charge in [0.1, 0.15) is 0 Å². The summed E-state index contributed by atoms with van der Waals surface area (Å²) in [7, 11) is 2.25. The van der Waals surface area contributed by atoms with E-state index < -0.39 is 0 Å². The van der Waals surface area contributed by atoms with Gasteiger partial charge in [0.25, 0.3) is 0 Å². The van der Waals surface area contributed by atoms with Crippen molar-refractivity contribution in [1.29, 1.82) is 0 Å². The molecule has 3 heteroatoms. The summed E-state index contributed by atoms with van der Waals surface area (Å²) in [5.41, 5.74) is 0.0965. The van der Waals surface area contributed by atoms with Crippen LogP contribution in [0.15, 0.2) is 0 Å². The third-order valence-electron chi connectivity index (χ3n) is 4.92. The van der Waals surface area contributed by atoms with Crippen molar-refractivity contribution < 1.29 is 9.84 Å². The SMILES string of the molecule is CN(CC1(CO)CCOCC1)C1CCCCCC1. The van der Waals surface area contributed by atoms with Crippen molar-refractivity contribution in [3.63, 3.8) is 0 Å². The van der Waals surface area contributed by atoms with Gasteiger partial charge in [0.05, 0.1) is 6.61 Å². The molecule has 2 fully saturated rings. The maximum absolute atomic E-state index is 9.76. The van der Waals surface area contributed by atoms with Crippen molar-refractivity contribution in [2.24, 2.45) is 5.41 Å². The van der Waals surface area contributed by atoms with Crippen molar-refractivity contribution in [3.8, 4) is 0 Å². The van der Waals surface area contributed by atoms with Gasteiger partial charge in [-0.2, -0.15) is 0 Å². The first-order valence-electron chi connectivity index (χ1n) is 7.65. The van der Waals surface area contributed by atoms with E-state index in [4.69, 9.17) is 4.74 Å². The molecule has 0 spiro atoms. The van der Waals surface area contributed by atoms with Crippen LogP contribution in [0.1, 0.15) is 51.4 Å². The van der Waals surface area contributed by atoms with Crippen LogP contribution in [0, 0.1) is 5.41 Å². The predicted octanol–water partition coefficient (Wildman–Crippen LogP) is 2.43. The molecule has 18 heavy (non-hydrogen) atoms. The quantitative estimate of drug-likeness (QED) is 0.783. The zero-order valence-electron chi connectivity index (χ0n) is 11.9. The first-order valence-corrected chi connectivity index (χ1v) is 7.65. The zero-order valence-corrected chi connectivity index (χ0v) is 11.9. The van der Waals surface area contributed by atoms with Crippen LogP contribution in [-0.4, -0.2) is 49.5 Å². The first-order chi connectivity index (χ1) is 8.76. The summed E-state index contributed by atoms with van der Waals surface area (Å²) in [5.74, 6) is 0. The number of aliphatic hydroxyl groups is 1.